The molecule has 20 heavy (non-hydrogen) atoms. The molecule has 1 aromatic rings. The van der Waals surface area contributed by atoms with Gasteiger partial charge in [-0.2, -0.15) is 8.42 Å². The van der Waals surface area contributed by atoms with E-state index < -0.39 is 22.0 Å². The molecule has 0 unspecified atom stereocenters. The summed E-state index contributed by atoms with van der Waals surface area (Å²) in [7, 11) is -3.77. The van der Waals surface area contributed by atoms with Crippen molar-refractivity contribution in [2.45, 2.75) is 44.5 Å². The maximum Gasteiger partial charge on any atom is 0.297 e. The van der Waals surface area contributed by atoms with Crippen molar-refractivity contribution in [3.8, 4) is 0 Å². The molecule has 0 saturated carbocycles. The van der Waals surface area contributed by atoms with Crippen LogP contribution in [-0.2, 0) is 23.8 Å². The Morgan fingerprint density at radius 3 is 2.65 bits per heavy atom. The van der Waals surface area contributed by atoms with Crippen LogP contribution in [0.2, 0.25) is 0 Å². The summed E-state index contributed by atoms with van der Waals surface area (Å²) in [5.41, 5.74) is 1.55. The van der Waals surface area contributed by atoms with Crippen LogP contribution >= 0.6 is 0 Å². The van der Waals surface area contributed by atoms with Crippen LogP contribution in [0, 0.1) is 6.92 Å². The molecule has 1 heterocycles. The number of hydrogen-bond donors (Lipinski definition) is 0. The molecule has 0 radical (unpaired) electrons. The summed E-state index contributed by atoms with van der Waals surface area (Å²) in [6.45, 7) is 7.58. The van der Waals surface area contributed by atoms with Crippen molar-refractivity contribution in [1.29, 1.82) is 0 Å². The Kier molecular flexibility index (Phi) is 4.20. The standard InChI is InChI=1S/C14H20O5S/c1-5-18-20(15,16)13-7-6-10(2)8-11(13)12-9-17-14(3,4)19-12/h6-8,12H,5,9H2,1-4H3/t12-/m1/s1. The topological polar surface area (TPSA) is 61.8 Å². The molecule has 6 heteroatoms. The van der Waals surface area contributed by atoms with Crippen LogP contribution in [0.4, 0.5) is 0 Å². The minimum atomic E-state index is -3.77. The fraction of sp³-hybridized carbons (Fsp3) is 0.571. The van der Waals surface area contributed by atoms with Crippen LogP contribution in [-0.4, -0.2) is 27.4 Å². The van der Waals surface area contributed by atoms with Gasteiger partial charge in [0.25, 0.3) is 10.1 Å². The minimum Gasteiger partial charge on any atom is -0.347 e. The highest BCUT2D eigenvalue weighted by Gasteiger charge is 2.36. The van der Waals surface area contributed by atoms with Crippen molar-refractivity contribution in [3.63, 3.8) is 0 Å². The molecule has 0 bridgehead atoms. The van der Waals surface area contributed by atoms with E-state index in [1.165, 1.54) is 0 Å². The van der Waals surface area contributed by atoms with Gasteiger partial charge in [-0.15, -0.1) is 0 Å². The first-order valence-corrected chi connectivity index (χ1v) is 7.98. The summed E-state index contributed by atoms with van der Waals surface area (Å²) in [4.78, 5) is 0.149. The number of rotatable bonds is 4. The molecular formula is C14H20O5S. The minimum absolute atomic E-state index is 0.100. The first-order chi connectivity index (χ1) is 9.25. The molecule has 1 aliphatic heterocycles. The summed E-state index contributed by atoms with van der Waals surface area (Å²) in [6.07, 6.45) is -0.407. The molecule has 1 aromatic carbocycles. The Hall–Kier alpha value is -0.950. The zero-order valence-corrected chi connectivity index (χ0v) is 13.0. The summed E-state index contributed by atoms with van der Waals surface area (Å²) in [6, 6.07) is 5.11. The molecule has 0 N–H and O–H groups in total. The van der Waals surface area contributed by atoms with E-state index in [4.69, 9.17) is 13.7 Å². The first kappa shape index (κ1) is 15.4. The molecule has 5 nitrogen and oxygen atoms in total. The molecule has 1 saturated heterocycles. The van der Waals surface area contributed by atoms with Gasteiger partial charge in [0.1, 0.15) is 6.10 Å². The lowest BCUT2D eigenvalue weighted by Crippen LogP contribution is -2.20. The van der Waals surface area contributed by atoms with E-state index >= 15 is 0 Å². The molecule has 1 atom stereocenters. The van der Waals surface area contributed by atoms with Crippen LogP contribution in [0.3, 0.4) is 0 Å². The lowest BCUT2D eigenvalue weighted by molar-refractivity contribution is -0.139. The average Bonchev–Trinajstić information content (AvgIpc) is 2.69. The second-order valence-electron chi connectivity index (χ2n) is 5.22. The molecular weight excluding hydrogens is 280 g/mol. The summed E-state index contributed by atoms with van der Waals surface area (Å²) in [5, 5.41) is 0. The van der Waals surface area contributed by atoms with Crippen molar-refractivity contribution >= 4 is 10.1 Å². The number of ether oxygens (including phenoxy) is 2. The smallest absolute Gasteiger partial charge is 0.297 e. The third kappa shape index (κ3) is 3.20. The second-order valence-corrected chi connectivity index (χ2v) is 6.80. The Morgan fingerprint density at radius 1 is 1.40 bits per heavy atom. The molecule has 112 valence electrons. The van der Waals surface area contributed by atoms with E-state index in [9.17, 15) is 8.42 Å². The monoisotopic (exact) mass is 300 g/mol. The van der Waals surface area contributed by atoms with Gasteiger partial charge < -0.3 is 9.47 Å². The highest BCUT2D eigenvalue weighted by atomic mass is 32.2. The van der Waals surface area contributed by atoms with Crippen molar-refractivity contribution in [2.75, 3.05) is 13.2 Å². The van der Waals surface area contributed by atoms with Crippen molar-refractivity contribution < 1.29 is 22.1 Å². The van der Waals surface area contributed by atoms with Gasteiger partial charge in [-0.1, -0.05) is 17.7 Å². The van der Waals surface area contributed by atoms with Crippen LogP contribution in [0.25, 0.3) is 0 Å². The van der Waals surface area contributed by atoms with E-state index in [1.54, 1.807) is 39.0 Å². The highest BCUT2D eigenvalue weighted by molar-refractivity contribution is 7.86. The Balaban J connectivity index is 2.45. The van der Waals surface area contributed by atoms with Gasteiger partial charge in [0.15, 0.2) is 5.79 Å². The highest BCUT2D eigenvalue weighted by Crippen LogP contribution is 2.36. The predicted molar refractivity (Wildman–Crippen MR) is 73.8 cm³/mol. The fourth-order valence-corrected chi connectivity index (χ4v) is 3.36. The quantitative estimate of drug-likeness (QED) is 0.800. The van der Waals surface area contributed by atoms with Gasteiger partial charge in [0.2, 0.25) is 0 Å². The second kappa shape index (κ2) is 5.44. The normalized spacial score (nSPS) is 22.1. The van der Waals surface area contributed by atoms with Crippen LogP contribution < -0.4 is 0 Å². The largest absolute Gasteiger partial charge is 0.347 e. The third-order valence-electron chi connectivity index (χ3n) is 3.06. The lowest BCUT2D eigenvalue weighted by atomic mass is 10.1. The number of aryl methyl sites for hydroxylation is 1. The zero-order valence-electron chi connectivity index (χ0n) is 12.2. The van der Waals surface area contributed by atoms with Gasteiger partial charge in [-0.05, 0) is 33.8 Å². The maximum atomic E-state index is 12.2. The van der Waals surface area contributed by atoms with E-state index in [1.807, 2.05) is 6.92 Å². The predicted octanol–water partition coefficient (Wildman–Crippen LogP) is 2.54. The number of hydrogen-bond acceptors (Lipinski definition) is 5. The lowest BCUT2D eigenvalue weighted by Gasteiger charge is -2.19. The fourth-order valence-electron chi connectivity index (χ4n) is 2.21. The third-order valence-corrected chi connectivity index (χ3v) is 4.52. The Bertz CT molecular complexity index is 592. The van der Waals surface area contributed by atoms with Crippen molar-refractivity contribution in [1.82, 2.24) is 0 Å². The zero-order chi connectivity index (χ0) is 15.0. The van der Waals surface area contributed by atoms with E-state index in [0.29, 0.717) is 12.2 Å². The molecule has 2 rings (SSSR count). The van der Waals surface area contributed by atoms with Crippen LogP contribution in [0.5, 0.6) is 0 Å². The first-order valence-electron chi connectivity index (χ1n) is 6.57. The van der Waals surface area contributed by atoms with Crippen LogP contribution in [0.15, 0.2) is 23.1 Å². The average molecular weight is 300 g/mol. The molecule has 0 spiro atoms. The van der Waals surface area contributed by atoms with Gasteiger partial charge in [-0.25, -0.2) is 0 Å². The molecule has 1 aliphatic rings. The van der Waals surface area contributed by atoms with Gasteiger partial charge in [0, 0.05) is 5.56 Å². The van der Waals surface area contributed by atoms with Gasteiger partial charge in [0.05, 0.1) is 18.1 Å². The Morgan fingerprint density at radius 2 is 2.10 bits per heavy atom. The SMILES string of the molecule is CCOS(=O)(=O)c1ccc(C)cc1[C@H]1COC(C)(C)O1. The summed E-state index contributed by atoms with van der Waals surface area (Å²) in [5.74, 6) is -0.707. The molecule has 0 amide bonds. The van der Waals surface area contributed by atoms with Crippen molar-refractivity contribution in [2.24, 2.45) is 0 Å². The Labute approximate surface area is 120 Å². The van der Waals surface area contributed by atoms with E-state index in [-0.39, 0.29) is 11.5 Å². The van der Waals surface area contributed by atoms with Crippen LogP contribution in [0.1, 0.15) is 38.0 Å². The van der Waals surface area contributed by atoms with Gasteiger partial charge in [-0.3, -0.25) is 4.18 Å². The molecule has 1 fully saturated rings. The maximum absolute atomic E-state index is 12.2. The van der Waals surface area contributed by atoms with E-state index in [2.05, 4.69) is 0 Å². The van der Waals surface area contributed by atoms with Crippen molar-refractivity contribution in [3.05, 3.63) is 29.3 Å². The molecule has 0 aliphatic carbocycles. The van der Waals surface area contributed by atoms with Gasteiger partial charge >= 0.3 is 0 Å². The summed E-state index contributed by atoms with van der Waals surface area (Å²) >= 11 is 0. The summed E-state index contributed by atoms with van der Waals surface area (Å²) < 4.78 is 40.5. The van der Waals surface area contributed by atoms with E-state index in [0.717, 1.165) is 5.56 Å². The number of benzene rings is 1. The molecule has 0 aromatic heterocycles.